The molecule has 20 heavy (non-hydrogen) atoms. The fraction of sp³-hybridized carbons (Fsp3) is 0.0667. The molecule has 0 spiro atoms. The molecule has 0 fully saturated rings. The minimum atomic E-state index is -0.166. The number of amides is 1. The number of nitrogens with zero attached hydrogens (tertiary/aromatic N) is 1. The van der Waals surface area contributed by atoms with Gasteiger partial charge in [0.1, 0.15) is 5.52 Å². The van der Waals surface area contributed by atoms with Crippen molar-refractivity contribution in [1.82, 2.24) is 4.98 Å². The third-order valence-corrected chi connectivity index (χ3v) is 3.00. The van der Waals surface area contributed by atoms with E-state index in [0.29, 0.717) is 16.8 Å². The Morgan fingerprint density at radius 1 is 1.15 bits per heavy atom. The molecule has 3 aromatic rings. The van der Waals surface area contributed by atoms with E-state index in [1.165, 1.54) is 6.39 Å². The molecule has 1 aromatic heterocycles. The number of aromatic nitrogens is 1. The van der Waals surface area contributed by atoms with Crippen molar-refractivity contribution in [3.05, 3.63) is 54.4 Å². The molecule has 100 valence electrons. The van der Waals surface area contributed by atoms with E-state index in [1.54, 1.807) is 30.3 Å². The topological polar surface area (TPSA) is 67.2 Å². The Morgan fingerprint density at radius 3 is 2.90 bits per heavy atom. The second kappa shape index (κ2) is 5.05. The third kappa shape index (κ3) is 2.33. The van der Waals surface area contributed by atoms with Crippen LogP contribution >= 0.6 is 0 Å². The Morgan fingerprint density at radius 2 is 2.05 bits per heavy atom. The van der Waals surface area contributed by atoms with E-state index in [1.807, 2.05) is 19.2 Å². The fourth-order valence-corrected chi connectivity index (χ4v) is 1.95. The number of oxazole rings is 1. The molecule has 0 bridgehead atoms. The monoisotopic (exact) mass is 267 g/mol. The lowest BCUT2D eigenvalue weighted by Crippen LogP contribution is -2.11. The van der Waals surface area contributed by atoms with Gasteiger partial charge in [-0.1, -0.05) is 6.07 Å². The molecule has 5 heteroatoms. The third-order valence-electron chi connectivity index (χ3n) is 3.00. The van der Waals surface area contributed by atoms with Gasteiger partial charge in [-0.3, -0.25) is 4.79 Å². The van der Waals surface area contributed by atoms with Crippen LogP contribution in [0.25, 0.3) is 11.1 Å². The Kier molecular flexibility index (Phi) is 3.09. The van der Waals surface area contributed by atoms with Crippen LogP contribution in [0.1, 0.15) is 10.4 Å². The highest BCUT2D eigenvalue weighted by molar-refractivity contribution is 6.05. The number of nitrogens with one attached hydrogen (secondary N) is 2. The zero-order chi connectivity index (χ0) is 13.9. The summed E-state index contributed by atoms with van der Waals surface area (Å²) < 4.78 is 5.21. The van der Waals surface area contributed by atoms with Gasteiger partial charge in [0.2, 0.25) is 0 Å². The van der Waals surface area contributed by atoms with E-state index in [4.69, 9.17) is 4.42 Å². The average molecular weight is 267 g/mol. The lowest BCUT2D eigenvalue weighted by molar-refractivity contribution is 0.102. The number of fused-ring (bicyclic) bond motifs is 1. The summed E-state index contributed by atoms with van der Waals surface area (Å²) in [7, 11) is 1.81. The number of anilines is 2. The Bertz CT molecular complexity index is 764. The van der Waals surface area contributed by atoms with Gasteiger partial charge in [0.05, 0.1) is 0 Å². The largest absolute Gasteiger partial charge is 0.443 e. The molecular formula is C15H13N3O2. The van der Waals surface area contributed by atoms with E-state index in [0.717, 1.165) is 11.2 Å². The minimum Gasteiger partial charge on any atom is -0.443 e. The molecule has 0 aliphatic heterocycles. The number of benzene rings is 2. The molecule has 0 saturated carbocycles. The summed E-state index contributed by atoms with van der Waals surface area (Å²) in [5, 5.41) is 5.84. The van der Waals surface area contributed by atoms with E-state index in [-0.39, 0.29) is 5.91 Å². The number of carbonyl (C=O) groups is 1. The summed E-state index contributed by atoms with van der Waals surface area (Å²) in [5.74, 6) is -0.166. The van der Waals surface area contributed by atoms with Gasteiger partial charge in [-0.2, -0.15) is 0 Å². The van der Waals surface area contributed by atoms with Crippen LogP contribution in [0.4, 0.5) is 11.4 Å². The van der Waals surface area contributed by atoms with Crippen molar-refractivity contribution < 1.29 is 9.21 Å². The highest BCUT2D eigenvalue weighted by Gasteiger charge is 2.08. The Balaban J connectivity index is 1.83. The van der Waals surface area contributed by atoms with Crippen LogP contribution in [0.5, 0.6) is 0 Å². The second-order valence-corrected chi connectivity index (χ2v) is 4.32. The van der Waals surface area contributed by atoms with Crippen LogP contribution in [-0.2, 0) is 0 Å². The number of rotatable bonds is 3. The predicted molar refractivity (Wildman–Crippen MR) is 78.0 cm³/mol. The predicted octanol–water partition coefficient (Wildman–Crippen LogP) is 3.12. The summed E-state index contributed by atoms with van der Waals surface area (Å²) in [5.41, 5.74) is 3.57. The normalized spacial score (nSPS) is 10.4. The first-order valence-corrected chi connectivity index (χ1v) is 6.19. The molecule has 0 radical (unpaired) electrons. The van der Waals surface area contributed by atoms with Gasteiger partial charge >= 0.3 is 0 Å². The first kappa shape index (κ1) is 12.2. The van der Waals surface area contributed by atoms with E-state index in [9.17, 15) is 4.79 Å². The summed E-state index contributed by atoms with van der Waals surface area (Å²) in [6, 6.07) is 12.6. The lowest BCUT2D eigenvalue weighted by atomic mass is 10.2. The molecule has 0 unspecified atom stereocenters. The molecule has 0 saturated heterocycles. The second-order valence-electron chi connectivity index (χ2n) is 4.32. The molecule has 5 nitrogen and oxygen atoms in total. The summed E-state index contributed by atoms with van der Waals surface area (Å²) >= 11 is 0. The van der Waals surface area contributed by atoms with Gasteiger partial charge in [-0.05, 0) is 30.3 Å². The molecule has 1 heterocycles. The Hall–Kier alpha value is -2.82. The van der Waals surface area contributed by atoms with Crippen LogP contribution < -0.4 is 10.6 Å². The molecule has 2 N–H and O–H groups in total. The van der Waals surface area contributed by atoms with Gasteiger partial charge in [0.25, 0.3) is 5.91 Å². The van der Waals surface area contributed by atoms with Crippen molar-refractivity contribution in [2.45, 2.75) is 0 Å². The number of hydrogen-bond donors (Lipinski definition) is 2. The van der Waals surface area contributed by atoms with Crippen LogP contribution in [0.15, 0.2) is 53.3 Å². The van der Waals surface area contributed by atoms with E-state index >= 15 is 0 Å². The van der Waals surface area contributed by atoms with Crippen LogP contribution in [0, 0.1) is 0 Å². The quantitative estimate of drug-likeness (QED) is 0.765. The molecule has 0 aliphatic carbocycles. The van der Waals surface area contributed by atoms with Gasteiger partial charge in [0.15, 0.2) is 12.0 Å². The molecule has 2 aromatic carbocycles. The fourth-order valence-electron chi connectivity index (χ4n) is 1.95. The van der Waals surface area contributed by atoms with Crippen molar-refractivity contribution in [2.24, 2.45) is 0 Å². The van der Waals surface area contributed by atoms with Gasteiger partial charge in [-0.25, -0.2) is 4.98 Å². The summed E-state index contributed by atoms with van der Waals surface area (Å²) in [4.78, 5) is 16.2. The van der Waals surface area contributed by atoms with Crippen molar-refractivity contribution >= 4 is 28.4 Å². The maximum Gasteiger partial charge on any atom is 0.255 e. The standard InChI is InChI=1S/C15H13N3O2/c1-16-11-4-2-3-10(7-11)15(19)18-12-5-6-13-14(8-12)20-9-17-13/h2-9,16H,1H3,(H,18,19). The SMILES string of the molecule is CNc1cccc(C(=O)Nc2ccc3ncoc3c2)c1. The average Bonchev–Trinajstić information content (AvgIpc) is 2.95. The maximum absolute atomic E-state index is 12.2. The molecule has 3 rings (SSSR count). The molecule has 0 aliphatic rings. The van der Waals surface area contributed by atoms with Gasteiger partial charge in [0, 0.05) is 30.1 Å². The first-order valence-electron chi connectivity index (χ1n) is 6.19. The highest BCUT2D eigenvalue weighted by Crippen LogP contribution is 2.19. The van der Waals surface area contributed by atoms with Crippen LogP contribution in [0.3, 0.4) is 0 Å². The smallest absolute Gasteiger partial charge is 0.255 e. The molecular weight excluding hydrogens is 254 g/mol. The van der Waals surface area contributed by atoms with Crippen molar-refractivity contribution in [2.75, 3.05) is 17.7 Å². The molecule has 1 amide bonds. The van der Waals surface area contributed by atoms with Crippen molar-refractivity contribution in [1.29, 1.82) is 0 Å². The van der Waals surface area contributed by atoms with Crippen molar-refractivity contribution in [3.8, 4) is 0 Å². The number of carbonyl (C=O) groups excluding carboxylic acids is 1. The number of hydrogen-bond acceptors (Lipinski definition) is 4. The van der Waals surface area contributed by atoms with Gasteiger partial charge in [-0.15, -0.1) is 0 Å². The lowest BCUT2D eigenvalue weighted by Gasteiger charge is -2.06. The van der Waals surface area contributed by atoms with E-state index in [2.05, 4.69) is 15.6 Å². The van der Waals surface area contributed by atoms with Crippen LogP contribution in [0.2, 0.25) is 0 Å². The summed E-state index contributed by atoms with van der Waals surface area (Å²) in [6.45, 7) is 0. The van der Waals surface area contributed by atoms with Gasteiger partial charge < -0.3 is 15.1 Å². The van der Waals surface area contributed by atoms with Crippen molar-refractivity contribution in [3.63, 3.8) is 0 Å². The van der Waals surface area contributed by atoms with E-state index < -0.39 is 0 Å². The summed E-state index contributed by atoms with van der Waals surface area (Å²) in [6.07, 6.45) is 1.38. The highest BCUT2D eigenvalue weighted by atomic mass is 16.3. The van der Waals surface area contributed by atoms with Crippen LogP contribution in [-0.4, -0.2) is 17.9 Å². The zero-order valence-corrected chi connectivity index (χ0v) is 10.9. The molecule has 0 atom stereocenters. The zero-order valence-electron chi connectivity index (χ0n) is 10.9. The Labute approximate surface area is 115 Å². The minimum absolute atomic E-state index is 0.166. The maximum atomic E-state index is 12.2. The first-order chi connectivity index (χ1) is 9.76.